The van der Waals surface area contributed by atoms with E-state index in [1.54, 1.807) is 7.11 Å². The van der Waals surface area contributed by atoms with Crippen molar-refractivity contribution in [2.45, 2.75) is 31.6 Å². The number of rotatable bonds is 3. The number of Topliss-reactive ketones (excluding diaryl/α,β-unsaturated/α-hetero) is 1. The summed E-state index contributed by atoms with van der Waals surface area (Å²) in [4.78, 5) is 15.8. The van der Waals surface area contributed by atoms with E-state index >= 15 is 0 Å². The Kier molecular flexibility index (Phi) is 4.05. The van der Waals surface area contributed by atoms with Gasteiger partial charge in [-0.2, -0.15) is 4.98 Å². The van der Waals surface area contributed by atoms with Crippen molar-refractivity contribution in [3.8, 4) is 17.1 Å². The normalized spacial score (nSPS) is 16.2. The molecule has 0 spiro atoms. The average molecular weight is 351 g/mol. The fourth-order valence-corrected chi connectivity index (χ4v) is 3.05. The van der Waals surface area contributed by atoms with E-state index in [2.05, 4.69) is 26.1 Å². The van der Waals surface area contributed by atoms with Gasteiger partial charge in [-0.25, -0.2) is 0 Å². The largest absolute Gasteiger partial charge is 0.496 e. The van der Waals surface area contributed by atoms with Crippen molar-refractivity contribution in [3.05, 3.63) is 28.6 Å². The highest BCUT2D eigenvalue weighted by Gasteiger charge is 2.25. The van der Waals surface area contributed by atoms with Gasteiger partial charge in [0.05, 0.1) is 11.6 Å². The molecule has 0 bridgehead atoms. The first-order valence-electron chi connectivity index (χ1n) is 6.86. The Bertz CT molecular complexity index is 659. The van der Waals surface area contributed by atoms with Crippen LogP contribution in [0.5, 0.6) is 5.75 Å². The summed E-state index contributed by atoms with van der Waals surface area (Å²) in [5.41, 5.74) is 0.865. The van der Waals surface area contributed by atoms with Crippen molar-refractivity contribution >= 4 is 21.7 Å². The Morgan fingerprint density at radius 1 is 1.33 bits per heavy atom. The van der Waals surface area contributed by atoms with Gasteiger partial charge in [0.2, 0.25) is 11.7 Å². The first-order valence-corrected chi connectivity index (χ1v) is 7.66. The number of carbonyl (C=O) groups excluding carboxylic acids is 1. The van der Waals surface area contributed by atoms with Gasteiger partial charge in [0, 0.05) is 24.3 Å². The van der Waals surface area contributed by atoms with Crippen LogP contribution in [-0.2, 0) is 4.79 Å². The van der Waals surface area contributed by atoms with Crippen molar-refractivity contribution in [2.24, 2.45) is 0 Å². The van der Waals surface area contributed by atoms with Crippen LogP contribution in [0, 0.1) is 0 Å². The molecular formula is C15H15BrN2O3. The number of benzene rings is 1. The maximum Gasteiger partial charge on any atom is 0.230 e. The van der Waals surface area contributed by atoms with Gasteiger partial charge in [-0.05, 0) is 47.0 Å². The second-order valence-corrected chi connectivity index (χ2v) is 5.97. The molecule has 110 valence electrons. The highest BCUT2D eigenvalue weighted by molar-refractivity contribution is 9.10. The second kappa shape index (κ2) is 5.97. The molecule has 1 aliphatic rings. The molecule has 0 atom stereocenters. The first-order chi connectivity index (χ1) is 10.2. The van der Waals surface area contributed by atoms with Crippen LogP contribution in [0.25, 0.3) is 11.4 Å². The van der Waals surface area contributed by atoms with Crippen LogP contribution >= 0.6 is 15.9 Å². The average Bonchev–Trinajstić information content (AvgIpc) is 2.98. The lowest BCUT2D eigenvalue weighted by atomic mass is 9.88. The van der Waals surface area contributed by atoms with E-state index in [0.29, 0.717) is 30.3 Å². The summed E-state index contributed by atoms with van der Waals surface area (Å²) in [6, 6.07) is 5.65. The van der Waals surface area contributed by atoms with E-state index in [0.717, 1.165) is 28.6 Å². The van der Waals surface area contributed by atoms with Crippen molar-refractivity contribution in [2.75, 3.05) is 7.11 Å². The minimum atomic E-state index is 0.200. The van der Waals surface area contributed by atoms with Gasteiger partial charge in [-0.3, -0.25) is 4.79 Å². The summed E-state index contributed by atoms with van der Waals surface area (Å²) in [6.45, 7) is 0. The molecule has 1 heterocycles. The number of nitrogens with zero attached hydrogens (tertiary/aromatic N) is 2. The number of hydrogen-bond acceptors (Lipinski definition) is 5. The molecule has 0 unspecified atom stereocenters. The number of carbonyl (C=O) groups is 1. The highest BCUT2D eigenvalue weighted by Crippen LogP contribution is 2.33. The molecule has 1 aromatic heterocycles. The van der Waals surface area contributed by atoms with Crippen LogP contribution in [-0.4, -0.2) is 23.0 Å². The molecule has 0 saturated heterocycles. The Labute approximate surface area is 130 Å². The van der Waals surface area contributed by atoms with E-state index < -0.39 is 0 Å². The molecule has 0 amide bonds. The molecule has 6 heteroatoms. The quantitative estimate of drug-likeness (QED) is 0.843. The van der Waals surface area contributed by atoms with Gasteiger partial charge < -0.3 is 9.26 Å². The number of hydrogen-bond donors (Lipinski definition) is 0. The van der Waals surface area contributed by atoms with Crippen LogP contribution in [0.4, 0.5) is 0 Å². The second-order valence-electron chi connectivity index (χ2n) is 5.12. The Hall–Kier alpha value is -1.69. The van der Waals surface area contributed by atoms with Crippen LogP contribution in [0.3, 0.4) is 0 Å². The number of methoxy groups -OCH3 is 1. The van der Waals surface area contributed by atoms with E-state index in [4.69, 9.17) is 9.26 Å². The first kappa shape index (κ1) is 14.3. The zero-order chi connectivity index (χ0) is 14.8. The lowest BCUT2D eigenvalue weighted by molar-refractivity contribution is -0.120. The zero-order valence-corrected chi connectivity index (χ0v) is 13.2. The topological polar surface area (TPSA) is 65.2 Å². The van der Waals surface area contributed by atoms with E-state index in [1.165, 1.54) is 0 Å². The third-order valence-electron chi connectivity index (χ3n) is 3.74. The third-order valence-corrected chi connectivity index (χ3v) is 4.36. The predicted octanol–water partition coefficient (Wildman–Crippen LogP) is 3.73. The number of halogens is 1. The van der Waals surface area contributed by atoms with Gasteiger partial charge in [0.1, 0.15) is 11.5 Å². The van der Waals surface area contributed by atoms with Gasteiger partial charge >= 0.3 is 0 Å². The number of ketones is 1. The van der Waals surface area contributed by atoms with Crippen LogP contribution in [0.1, 0.15) is 37.5 Å². The lowest BCUT2D eigenvalue weighted by Gasteiger charge is -2.16. The molecule has 1 fully saturated rings. The molecule has 0 aliphatic heterocycles. The molecule has 3 rings (SSSR count). The summed E-state index contributed by atoms with van der Waals surface area (Å²) in [6.07, 6.45) is 2.81. The van der Waals surface area contributed by atoms with Gasteiger partial charge in [-0.15, -0.1) is 0 Å². The molecule has 1 aliphatic carbocycles. The molecular weight excluding hydrogens is 336 g/mol. The van der Waals surface area contributed by atoms with Gasteiger partial charge in [0.25, 0.3) is 0 Å². The Morgan fingerprint density at radius 2 is 2.10 bits per heavy atom. The summed E-state index contributed by atoms with van der Waals surface area (Å²) >= 11 is 3.45. The molecule has 21 heavy (non-hydrogen) atoms. The highest BCUT2D eigenvalue weighted by atomic mass is 79.9. The van der Waals surface area contributed by atoms with Gasteiger partial charge in [0.15, 0.2) is 0 Å². The minimum Gasteiger partial charge on any atom is -0.496 e. The fraction of sp³-hybridized carbons (Fsp3) is 0.400. The monoisotopic (exact) mass is 350 g/mol. The smallest absolute Gasteiger partial charge is 0.230 e. The predicted molar refractivity (Wildman–Crippen MR) is 80.2 cm³/mol. The standard InChI is InChI=1S/C15H15BrN2O3/c1-20-13-7-4-10(8-12(13)16)14-17-15(21-18-14)9-2-5-11(19)6-3-9/h4,7-9H,2-3,5-6H2,1H3. The van der Waals surface area contributed by atoms with Crippen LogP contribution < -0.4 is 4.74 Å². The van der Waals surface area contributed by atoms with E-state index in [9.17, 15) is 4.79 Å². The van der Waals surface area contributed by atoms with Crippen molar-refractivity contribution in [1.82, 2.24) is 10.1 Å². The molecule has 1 aromatic carbocycles. The molecule has 1 saturated carbocycles. The summed E-state index contributed by atoms with van der Waals surface area (Å²) in [5, 5.41) is 4.04. The van der Waals surface area contributed by atoms with E-state index in [-0.39, 0.29) is 5.92 Å². The maximum absolute atomic E-state index is 11.3. The lowest BCUT2D eigenvalue weighted by Crippen LogP contribution is -2.12. The van der Waals surface area contributed by atoms with Crippen LogP contribution in [0.2, 0.25) is 0 Å². The number of ether oxygens (including phenoxy) is 1. The third kappa shape index (κ3) is 3.00. The summed E-state index contributed by atoms with van der Waals surface area (Å²) < 4.78 is 11.4. The van der Waals surface area contributed by atoms with Crippen molar-refractivity contribution < 1.29 is 14.1 Å². The van der Waals surface area contributed by atoms with Crippen LogP contribution in [0.15, 0.2) is 27.2 Å². The molecule has 5 nitrogen and oxygen atoms in total. The SMILES string of the molecule is COc1ccc(-c2noc(C3CCC(=O)CC3)n2)cc1Br. The minimum absolute atomic E-state index is 0.200. The zero-order valence-electron chi connectivity index (χ0n) is 11.6. The number of aromatic nitrogens is 2. The Balaban J connectivity index is 1.81. The maximum atomic E-state index is 11.3. The fourth-order valence-electron chi connectivity index (χ4n) is 2.51. The Morgan fingerprint density at radius 3 is 2.76 bits per heavy atom. The van der Waals surface area contributed by atoms with Gasteiger partial charge in [-0.1, -0.05) is 5.16 Å². The van der Waals surface area contributed by atoms with Crippen molar-refractivity contribution in [1.29, 1.82) is 0 Å². The van der Waals surface area contributed by atoms with E-state index in [1.807, 2.05) is 18.2 Å². The summed E-state index contributed by atoms with van der Waals surface area (Å²) in [5.74, 6) is 2.47. The molecule has 2 aromatic rings. The molecule has 0 N–H and O–H groups in total. The van der Waals surface area contributed by atoms with Crippen molar-refractivity contribution in [3.63, 3.8) is 0 Å². The molecule has 0 radical (unpaired) electrons. The summed E-state index contributed by atoms with van der Waals surface area (Å²) in [7, 11) is 1.62.